The van der Waals surface area contributed by atoms with E-state index >= 15 is 0 Å². The number of carbonyl (C=O) groups is 1. The van der Waals surface area contributed by atoms with Crippen LogP contribution in [0.2, 0.25) is 0 Å². The van der Waals surface area contributed by atoms with E-state index in [9.17, 15) is 13.2 Å². The van der Waals surface area contributed by atoms with E-state index in [1.54, 1.807) is 0 Å². The molecular formula is C23H29N3O4S. The number of sulfonamides is 1. The van der Waals surface area contributed by atoms with Crippen molar-refractivity contribution in [2.45, 2.75) is 43.1 Å². The first-order valence-corrected chi connectivity index (χ1v) is 12.4. The van der Waals surface area contributed by atoms with Gasteiger partial charge in [-0.25, -0.2) is 13.1 Å². The van der Waals surface area contributed by atoms with E-state index in [1.807, 2.05) is 18.2 Å². The van der Waals surface area contributed by atoms with Crippen LogP contribution in [0.3, 0.4) is 0 Å². The summed E-state index contributed by atoms with van der Waals surface area (Å²) in [4.78, 5) is 15.1. The van der Waals surface area contributed by atoms with Crippen LogP contribution in [0.4, 0.5) is 11.4 Å². The standard InChI is InChI=1S/C23H29N3O4S/c27-23(25-19-6-4-7-20(16-19)26-13-2-1-3-14-26)18-9-11-22(12-10-18)31(28,29)24-17-21-8-5-15-30-21/h4,6-7,9-12,16,21,24H,1-3,5,8,13-15,17H2,(H,25,27). The second kappa shape index (κ2) is 9.80. The summed E-state index contributed by atoms with van der Waals surface area (Å²) in [6.07, 6.45) is 5.39. The van der Waals surface area contributed by atoms with Crippen molar-refractivity contribution >= 4 is 27.3 Å². The van der Waals surface area contributed by atoms with E-state index in [0.717, 1.165) is 37.3 Å². The zero-order chi connectivity index (χ0) is 21.7. The maximum atomic E-state index is 12.7. The average Bonchev–Trinajstić information content (AvgIpc) is 3.33. The number of nitrogens with one attached hydrogen (secondary N) is 2. The molecule has 0 spiro atoms. The molecule has 2 saturated heterocycles. The van der Waals surface area contributed by atoms with Crippen molar-refractivity contribution in [2.24, 2.45) is 0 Å². The van der Waals surface area contributed by atoms with E-state index in [-0.39, 0.29) is 23.5 Å². The predicted molar refractivity (Wildman–Crippen MR) is 121 cm³/mol. The highest BCUT2D eigenvalue weighted by molar-refractivity contribution is 7.89. The number of benzene rings is 2. The van der Waals surface area contributed by atoms with Crippen LogP contribution in [-0.4, -0.2) is 46.7 Å². The lowest BCUT2D eigenvalue weighted by atomic mass is 10.1. The van der Waals surface area contributed by atoms with Crippen LogP contribution in [0, 0.1) is 0 Å². The minimum atomic E-state index is -3.63. The van der Waals surface area contributed by atoms with Gasteiger partial charge in [0.15, 0.2) is 0 Å². The van der Waals surface area contributed by atoms with Crippen molar-refractivity contribution in [3.8, 4) is 0 Å². The van der Waals surface area contributed by atoms with E-state index in [0.29, 0.717) is 12.2 Å². The fraction of sp³-hybridized carbons (Fsp3) is 0.435. The Morgan fingerprint density at radius 2 is 1.81 bits per heavy atom. The minimum absolute atomic E-state index is 0.0690. The highest BCUT2D eigenvalue weighted by atomic mass is 32.2. The Morgan fingerprint density at radius 3 is 2.52 bits per heavy atom. The first-order valence-electron chi connectivity index (χ1n) is 10.9. The SMILES string of the molecule is O=C(Nc1cccc(N2CCCCC2)c1)c1ccc(S(=O)(=O)NCC2CCCO2)cc1. The topological polar surface area (TPSA) is 87.7 Å². The number of piperidine rings is 1. The number of hydrogen-bond acceptors (Lipinski definition) is 5. The molecule has 0 saturated carbocycles. The molecule has 2 N–H and O–H groups in total. The lowest BCUT2D eigenvalue weighted by Crippen LogP contribution is -2.31. The number of ether oxygens (including phenoxy) is 1. The molecule has 2 aliphatic heterocycles. The van der Waals surface area contributed by atoms with Gasteiger partial charge in [-0.2, -0.15) is 0 Å². The molecule has 0 aromatic heterocycles. The summed E-state index contributed by atoms with van der Waals surface area (Å²) >= 11 is 0. The first kappa shape index (κ1) is 21.8. The summed E-state index contributed by atoms with van der Waals surface area (Å²) in [6, 6.07) is 13.8. The van der Waals surface area contributed by atoms with Crippen LogP contribution in [0.5, 0.6) is 0 Å². The van der Waals surface area contributed by atoms with Crippen LogP contribution in [-0.2, 0) is 14.8 Å². The molecule has 1 atom stereocenters. The molecule has 0 aliphatic carbocycles. The van der Waals surface area contributed by atoms with E-state index in [2.05, 4.69) is 21.0 Å². The van der Waals surface area contributed by atoms with Gasteiger partial charge in [0.1, 0.15) is 0 Å². The molecule has 1 unspecified atom stereocenters. The molecule has 2 aromatic rings. The molecule has 7 nitrogen and oxygen atoms in total. The van der Waals surface area contributed by atoms with Crippen LogP contribution in [0.15, 0.2) is 53.4 Å². The van der Waals surface area contributed by atoms with Crippen molar-refractivity contribution in [3.05, 3.63) is 54.1 Å². The van der Waals surface area contributed by atoms with Crippen LogP contribution < -0.4 is 14.9 Å². The van der Waals surface area contributed by atoms with Gasteiger partial charge in [0.2, 0.25) is 10.0 Å². The van der Waals surface area contributed by atoms with Crippen LogP contribution in [0.25, 0.3) is 0 Å². The molecule has 4 rings (SSSR count). The van der Waals surface area contributed by atoms with Crippen molar-refractivity contribution < 1.29 is 17.9 Å². The van der Waals surface area contributed by atoms with Gasteiger partial charge in [-0.05, 0) is 74.6 Å². The second-order valence-electron chi connectivity index (χ2n) is 8.06. The van der Waals surface area contributed by atoms with Crippen LogP contribution in [0.1, 0.15) is 42.5 Å². The van der Waals surface area contributed by atoms with E-state index in [1.165, 1.54) is 43.5 Å². The Labute approximate surface area is 183 Å². The third-order valence-corrected chi connectivity index (χ3v) is 7.22. The highest BCUT2D eigenvalue weighted by Crippen LogP contribution is 2.23. The number of rotatable bonds is 7. The molecular weight excluding hydrogens is 414 g/mol. The van der Waals surface area contributed by atoms with Crippen molar-refractivity contribution in [2.75, 3.05) is 36.5 Å². The second-order valence-corrected chi connectivity index (χ2v) is 9.83. The molecule has 8 heteroatoms. The lowest BCUT2D eigenvalue weighted by molar-refractivity contribution is 0.102. The third-order valence-electron chi connectivity index (χ3n) is 5.78. The third kappa shape index (κ3) is 5.64. The first-order chi connectivity index (χ1) is 15.0. The van der Waals surface area contributed by atoms with Gasteiger partial charge < -0.3 is 15.0 Å². The van der Waals surface area contributed by atoms with Gasteiger partial charge in [-0.15, -0.1) is 0 Å². The summed E-state index contributed by atoms with van der Waals surface area (Å²) in [7, 11) is -3.63. The molecule has 0 radical (unpaired) electrons. The Morgan fingerprint density at radius 1 is 1.03 bits per heavy atom. The Balaban J connectivity index is 1.38. The zero-order valence-electron chi connectivity index (χ0n) is 17.5. The van der Waals surface area contributed by atoms with Crippen molar-refractivity contribution in [1.82, 2.24) is 4.72 Å². The van der Waals surface area contributed by atoms with Crippen molar-refractivity contribution in [3.63, 3.8) is 0 Å². The summed E-state index contributed by atoms with van der Waals surface area (Å²) in [5.41, 5.74) is 2.24. The summed E-state index contributed by atoms with van der Waals surface area (Å²) in [5.74, 6) is -0.271. The Bertz CT molecular complexity index is 996. The molecule has 2 fully saturated rings. The highest BCUT2D eigenvalue weighted by Gasteiger charge is 2.20. The molecule has 31 heavy (non-hydrogen) atoms. The summed E-state index contributed by atoms with van der Waals surface area (Å²) in [6.45, 7) is 3.01. The lowest BCUT2D eigenvalue weighted by Gasteiger charge is -2.29. The maximum absolute atomic E-state index is 12.7. The maximum Gasteiger partial charge on any atom is 0.255 e. The number of carbonyl (C=O) groups excluding carboxylic acids is 1. The normalized spacial score (nSPS) is 19.4. The molecule has 166 valence electrons. The van der Waals surface area contributed by atoms with Gasteiger partial charge in [-0.1, -0.05) is 6.07 Å². The average molecular weight is 444 g/mol. The zero-order valence-corrected chi connectivity index (χ0v) is 18.4. The van der Waals surface area contributed by atoms with Crippen LogP contribution >= 0.6 is 0 Å². The molecule has 0 bridgehead atoms. The quantitative estimate of drug-likeness (QED) is 0.685. The molecule has 2 aliphatic rings. The monoisotopic (exact) mass is 443 g/mol. The molecule has 2 aromatic carbocycles. The van der Waals surface area contributed by atoms with Gasteiger partial charge in [-0.3, -0.25) is 4.79 Å². The fourth-order valence-electron chi connectivity index (χ4n) is 4.01. The predicted octanol–water partition coefficient (Wildman–Crippen LogP) is 3.39. The van der Waals surface area contributed by atoms with E-state index in [4.69, 9.17) is 4.74 Å². The van der Waals surface area contributed by atoms with Gasteiger partial charge in [0.05, 0.1) is 11.0 Å². The Kier molecular flexibility index (Phi) is 6.89. The molecule has 1 amide bonds. The summed E-state index contributed by atoms with van der Waals surface area (Å²) in [5, 5.41) is 2.91. The summed E-state index contributed by atoms with van der Waals surface area (Å²) < 4.78 is 33.0. The van der Waals surface area contributed by atoms with Gasteiger partial charge in [0, 0.05) is 43.2 Å². The number of anilines is 2. The Hall–Kier alpha value is -2.42. The van der Waals surface area contributed by atoms with Gasteiger partial charge in [0.25, 0.3) is 5.91 Å². The fourth-order valence-corrected chi connectivity index (χ4v) is 5.08. The van der Waals surface area contributed by atoms with Crippen molar-refractivity contribution in [1.29, 1.82) is 0 Å². The van der Waals surface area contributed by atoms with Gasteiger partial charge >= 0.3 is 0 Å². The van der Waals surface area contributed by atoms with E-state index < -0.39 is 10.0 Å². The number of hydrogen-bond donors (Lipinski definition) is 2. The largest absolute Gasteiger partial charge is 0.377 e. The number of nitrogens with zero attached hydrogens (tertiary/aromatic N) is 1. The smallest absolute Gasteiger partial charge is 0.255 e. The molecule has 2 heterocycles. The number of amides is 1. The minimum Gasteiger partial charge on any atom is -0.377 e.